The zero-order chi connectivity index (χ0) is 22.8. The number of amides is 1. The van der Waals surface area contributed by atoms with E-state index < -0.39 is 30.2 Å². The fourth-order valence-electron chi connectivity index (χ4n) is 4.40. The zero-order valence-electron chi connectivity index (χ0n) is 17.8. The summed E-state index contributed by atoms with van der Waals surface area (Å²) < 4.78 is 10.8. The van der Waals surface area contributed by atoms with Crippen LogP contribution in [0, 0.1) is 5.92 Å². The molecule has 2 aromatic rings. The molecule has 5 atom stereocenters. The Morgan fingerprint density at radius 2 is 2.00 bits per heavy atom. The van der Waals surface area contributed by atoms with Crippen molar-refractivity contribution in [1.82, 2.24) is 15.6 Å². The number of pyridine rings is 1. The Morgan fingerprint density at radius 1 is 1.28 bits per heavy atom. The van der Waals surface area contributed by atoms with Gasteiger partial charge in [-0.05, 0) is 30.3 Å². The van der Waals surface area contributed by atoms with E-state index in [9.17, 15) is 15.0 Å². The van der Waals surface area contributed by atoms with Gasteiger partial charge in [-0.1, -0.05) is 6.07 Å². The Kier molecular flexibility index (Phi) is 6.45. The highest BCUT2D eigenvalue weighted by molar-refractivity contribution is 7.80. The number of carbonyl (C=O) groups excluding carboxylic acids is 1. The standard InChI is InChI=1S/C22H26N4O5S/c1-30-14-6-13(7-15(8-14)31-2)26-19-16(9-17(27)20(28)18(19)25-22(26)32)21(29)24-11-12-4-3-5-23-10-12/h3-8,10,16-20,27-28H,9,11H2,1-2H3,(H,24,29)(H,25,32). The lowest BCUT2D eigenvalue weighted by Crippen LogP contribution is -2.60. The maximum absolute atomic E-state index is 13.2. The van der Waals surface area contributed by atoms with E-state index in [4.69, 9.17) is 21.7 Å². The summed E-state index contributed by atoms with van der Waals surface area (Å²) in [4.78, 5) is 19.1. The summed E-state index contributed by atoms with van der Waals surface area (Å²) in [7, 11) is 3.11. The number of nitrogens with zero attached hydrogens (tertiary/aromatic N) is 2. The number of aliphatic hydroxyl groups excluding tert-OH is 2. The predicted molar refractivity (Wildman–Crippen MR) is 122 cm³/mol. The van der Waals surface area contributed by atoms with E-state index in [1.54, 1.807) is 55.8 Å². The van der Waals surface area contributed by atoms with Gasteiger partial charge in [-0.3, -0.25) is 9.78 Å². The van der Waals surface area contributed by atoms with E-state index in [2.05, 4.69) is 15.6 Å². The molecule has 9 nitrogen and oxygen atoms in total. The lowest BCUT2D eigenvalue weighted by atomic mass is 9.77. The van der Waals surface area contributed by atoms with Crippen molar-refractivity contribution in [2.45, 2.75) is 37.3 Å². The molecule has 0 spiro atoms. The minimum absolute atomic E-state index is 0.100. The van der Waals surface area contributed by atoms with Crippen LogP contribution in [0.3, 0.4) is 0 Å². The van der Waals surface area contributed by atoms with Crippen LogP contribution in [0.25, 0.3) is 0 Å². The third kappa shape index (κ3) is 4.21. The summed E-state index contributed by atoms with van der Waals surface area (Å²) in [5.41, 5.74) is 1.53. The predicted octanol–water partition coefficient (Wildman–Crippen LogP) is 0.589. The lowest BCUT2D eigenvalue weighted by Gasteiger charge is -2.41. The van der Waals surface area contributed by atoms with Crippen LogP contribution in [0.5, 0.6) is 11.5 Å². The molecule has 1 aromatic carbocycles. The molecule has 0 radical (unpaired) electrons. The Bertz CT molecular complexity index is 969. The van der Waals surface area contributed by atoms with Gasteiger partial charge in [0.15, 0.2) is 5.11 Å². The number of aromatic nitrogens is 1. The van der Waals surface area contributed by atoms with Crippen molar-refractivity contribution < 1.29 is 24.5 Å². The summed E-state index contributed by atoms with van der Waals surface area (Å²) in [5, 5.41) is 27.5. The zero-order valence-corrected chi connectivity index (χ0v) is 18.6. The Hall–Kier alpha value is -2.95. The van der Waals surface area contributed by atoms with Gasteiger partial charge in [0.1, 0.15) is 17.6 Å². The largest absolute Gasteiger partial charge is 0.497 e. The summed E-state index contributed by atoms with van der Waals surface area (Å²) >= 11 is 5.57. The Balaban J connectivity index is 1.65. The highest BCUT2D eigenvalue weighted by atomic mass is 32.1. The van der Waals surface area contributed by atoms with Crippen molar-refractivity contribution in [1.29, 1.82) is 0 Å². The molecule has 1 aliphatic heterocycles. The minimum Gasteiger partial charge on any atom is -0.497 e. The molecule has 2 fully saturated rings. The van der Waals surface area contributed by atoms with Crippen LogP contribution >= 0.6 is 12.2 Å². The molecular formula is C22H26N4O5S. The first kappa shape index (κ1) is 22.3. The Labute approximate surface area is 191 Å². The molecule has 1 aromatic heterocycles. The van der Waals surface area contributed by atoms with Gasteiger partial charge in [-0.15, -0.1) is 0 Å². The first-order valence-electron chi connectivity index (χ1n) is 10.3. The van der Waals surface area contributed by atoms with E-state index in [1.807, 2.05) is 6.07 Å². The maximum atomic E-state index is 13.2. The molecule has 0 bridgehead atoms. The van der Waals surface area contributed by atoms with Crippen molar-refractivity contribution in [2.24, 2.45) is 5.92 Å². The number of hydrogen-bond acceptors (Lipinski definition) is 7. The van der Waals surface area contributed by atoms with Gasteiger partial charge < -0.3 is 35.2 Å². The van der Waals surface area contributed by atoms with Crippen molar-refractivity contribution in [3.8, 4) is 11.5 Å². The SMILES string of the molecule is COc1cc(OC)cc(N2C(=S)NC3C(O)C(O)CC(C(=O)NCc4cccnc4)C32)c1. The number of benzene rings is 1. The van der Waals surface area contributed by atoms with Gasteiger partial charge in [0.25, 0.3) is 0 Å². The molecule has 1 saturated carbocycles. The van der Waals surface area contributed by atoms with Crippen LogP contribution in [0.2, 0.25) is 0 Å². The first-order chi connectivity index (χ1) is 15.4. The first-order valence-corrected chi connectivity index (χ1v) is 10.7. The van der Waals surface area contributed by atoms with Gasteiger partial charge in [-0.2, -0.15) is 0 Å². The fourth-order valence-corrected chi connectivity index (χ4v) is 4.76. The van der Waals surface area contributed by atoms with Gasteiger partial charge >= 0.3 is 0 Å². The molecule has 4 N–H and O–H groups in total. The summed E-state index contributed by atoms with van der Waals surface area (Å²) in [6, 6.07) is 7.88. The second-order valence-electron chi connectivity index (χ2n) is 7.89. The monoisotopic (exact) mass is 458 g/mol. The summed E-state index contributed by atoms with van der Waals surface area (Å²) in [6.07, 6.45) is 1.32. The van der Waals surface area contributed by atoms with Crippen molar-refractivity contribution in [3.63, 3.8) is 0 Å². The van der Waals surface area contributed by atoms with Crippen molar-refractivity contribution in [3.05, 3.63) is 48.3 Å². The number of aliphatic hydroxyl groups is 2. The van der Waals surface area contributed by atoms with E-state index in [0.717, 1.165) is 5.56 Å². The number of fused-ring (bicyclic) bond motifs is 1. The van der Waals surface area contributed by atoms with Gasteiger partial charge in [0, 0.05) is 37.1 Å². The van der Waals surface area contributed by atoms with E-state index in [-0.39, 0.29) is 12.3 Å². The van der Waals surface area contributed by atoms with Crippen molar-refractivity contribution >= 4 is 28.9 Å². The average Bonchev–Trinajstić information content (AvgIpc) is 3.17. The van der Waals surface area contributed by atoms with Crippen LogP contribution < -0.4 is 25.0 Å². The molecule has 1 saturated heterocycles. The quantitative estimate of drug-likeness (QED) is 0.462. The number of rotatable bonds is 6. The number of hydrogen-bond donors (Lipinski definition) is 4. The van der Waals surface area contributed by atoms with Gasteiger partial charge in [0.2, 0.25) is 5.91 Å². The molecular weight excluding hydrogens is 432 g/mol. The average molecular weight is 459 g/mol. The normalized spacial score (nSPS) is 26.8. The highest BCUT2D eigenvalue weighted by Gasteiger charge is 2.54. The van der Waals surface area contributed by atoms with Crippen LogP contribution in [0.4, 0.5) is 5.69 Å². The molecule has 2 aliphatic rings. The number of thiocarbonyl (C=S) groups is 1. The van der Waals surface area contributed by atoms with Crippen molar-refractivity contribution in [2.75, 3.05) is 19.1 Å². The summed E-state index contributed by atoms with van der Waals surface area (Å²) in [5.74, 6) is 0.278. The molecule has 32 heavy (non-hydrogen) atoms. The molecule has 1 amide bonds. The smallest absolute Gasteiger partial charge is 0.225 e. The van der Waals surface area contributed by atoms with Gasteiger partial charge in [0.05, 0.1) is 44.0 Å². The topological polar surface area (TPSA) is 116 Å². The highest BCUT2D eigenvalue weighted by Crippen LogP contribution is 2.39. The molecule has 5 unspecified atom stereocenters. The maximum Gasteiger partial charge on any atom is 0.225 e. The van der Waals surface area contributed by atoms with Crippen LogP contribution in [-0.4, -0.2) is 64.7 Å². The number of anilines is 1. The molecule has 4 rings (SSSR count). The van der Waals surface area contributed by atoms with Crippen LogP contribution in [0.1, 0.15) is 12.0 Å². The lowest BCUT2D eigenvalue weighted by molar-refractivity contribution is -0.131. The summed E-state index contributed by atoms with van der Waals surface area (Å²) in [6.45, 7) is 0.310. The van der Waals surface area contributed by atoms with Gasteiger partial charge in [-0.25, -0.2) is 0 Å². The molecule has 1 aliphatic carbocycles. The molecule has 2 heterocycles. The van der Waals surface area contributed by atoms with E-state index >= 15 is 0 Å². The fraction of sp³-hybridized carbons (Fsp3) is 0.409. The minimum atomic E-state index is -1.07. The third-order valence-electron chi connectivity index (χ3n) is 5.99. The third-order valence-corrected chi connectivity index (χ3v) is 6.30. The van der Waals surface area contributed by atoms with E-state index in [0.29, 0.717) is 28.8 Å². The molecule has 10 heteroatoms. The molecule has 170 valence electrons. The second-order valence-corrected chi connectivity index (χ2v) is 8.27. The second kappa shape index (κ2) is 9.27. The number of nitrogens with one attached hydrogen (secondary N) is 2. The number of methoxy groups -OCH3 is 2. The Morgan fingerprint density at radius 3 is 2.62 bits per heavy atom. The number of ether oxygens (including phenoxy) is 2. The number of carbonyl (C=O) groups is 1. The van der Waals surface area contributed by atoms with Crippen LogP contribution in [-0.2, 0) is 11.3 Å². The van der Waals surface area contributed by atoms with Crippen LogP contribution in [0.15, 0.2) is 42.7 Å². The van der Waals surface area contributed by atoms with E-state index in [1.165, 1.54) is 0 Å².